The first-order valence-electron chi connectivity index (χ1n) is 8.59. The van der Waals surface area contributed by atoms with Crippen LogP contribution in [0.3, 0.4) is 0 Å². The molecule has 2 aromatic carbocycles. The maximum atomic E-state index is 12.7. The van der Waals surface area contributed by atoms with Gasteiger partial charge in [0, 0.05) is 24.5 Å². The molecule has 26 heavy (non-hydrogen) atoms. The second-order valence-electron chi connectivity index (χ2n) is 6.41. The summed E-state index contributed by atoms with van der Waals surface area (Å²) in [6, 6.07) is 16.4. The van der Waals surface area contributed by atoms with Crippen molar-refractivity contribution in [3.8, 4) is 0 Å². The zero-order valence-corrected chi connectivity index (χ0v) is 16.5. The molecule has 0 saturated heterocycles. The molecule has 0 fully saturated rings. The first-order chi connectivity index (χ1) is 12.2. The van der Waals surface area contributed by atoms with Crippen molar-refractivity contribution in [2.75, 3.05) is 31.3 Å². The Kier molecular flexibility index (Phi) is 6.56. The van der Waals surface area contributed by atoms with Crippen LogP contribution in [0.25, 0.3) is 0 Å². The SMILES string of the molecule is CCN(C(=O)CN(C)C(C)c1ccc(S(C)(=O)=O)cc1)c1ccccc1. The number of hydrogen-bond acceptors (Lipinski definition) is 4. The molecule has 0 heterocycles. The van der Waals surface area contributed by atoms with Crippen LogP contribution in [0.2, 0.25) is 0 Å². The van der Waals surface area contributed by atoms with Gasteiger partial charge in [-0.3, -0.25) is 9.69 Å². The average molecular weight is 375 g/mol. The Morgan fingerprint density at radius 1 is 1.04 bits per heavy atom. The van der Waals surface area contributed by atoms with Crippen molar-refractivity contribution >= 4 is 21.4 Å². The van der Waals surface area contributed by atoms with Crippen molar-refractivity contribution in [1.82, 2.24) is 4.90 Å². The van der Waals surface area contributed by atoms with E-state index in [1.54, 1.807) is 29.2 Å². The van der Waals surface area contributed by atoms with Crippen molar-refractivity contribution < 1.29 is 13.2 Å². The summed E-state index contributed by atoms with van der Waals surface area (Å²) in [6.45, 7) is 4.84. The van der Waals surface area contributed by atoms with Crippen LogP contribution in [0.4, 0.5) is 5.69 Å². The van der Waals surface area contributed by atoms with E-state index in [4.69, 9.17) is 0 Å². The molecule has 0 aromatic heterocycles. The molecule has 0 aliphatic rings. The van der Waals surface area contributed by atoms with E-state index in [-0.39, 0.29) is 18.5 Å². The standard InChI is InChI=1S/C20H26N2O3S/c1-5-22(18-9-7-6-8-10-18)20(23)15-21(3)16(2)17-11-13-19(14-12-17)26(4,24)25/h6-14,16H,5,15H2,1-4H3. The zero-order valence-electron chi connectivity index (χ0n) is 15.7. The van der Waals surface area contributed by atoms with Crippen molar-refractivity contribution in [2.24, 2.45) is 0 Å². The maximum absolute atomic E-state index is 12.7. The summed E-state index contributed by atoms with van der Waals surface area (Å²) >= 11 is 0. The molecule has 0 radical (unpaired) electrons. The number of rotatable bonds is 7. The Morgan fingerprint density at radius 3 is 2.12 bits per heavy atom. The number of amides is 1. The number of carbonyl (C=O) groups is 1. The number of anilines is 1. The van der Waals surface area contributed by atoms with Gasteiger partial charge in [-0.25, -0.2) is 8.42 Å². The smallest absolute Gasteiger partial charge is 0.241 e. The summed E-state index contributed by atoms with van der Waals surface area (Å²) in [5.41, 5.74) is 1.86. The molecule has 1 atom stereocenters. The Morgan fingerprint density at radius 2 is 1.62 bits per heavy atom. The summed E-state index contributed by atoms with van der Waals surface area (Å²) in [7, 11) is -1.31. The molecule has 1 unspecified atom stereocenters. The van der Waals surface area contributed by atoms with Gasteiger partial charge >= 0.3 is 0 Å². The predicted molar refractivity (Wildman–Crippen MR) is 105 cm³/mol. The van der Waals surface area contributed by atoms with Gasteiger partial charge in [-0.05, 0) is 50.7 Å². The minimum atomic E-state index is -3.20. The highest BCUT2D eigenvalue weighted by atomic mass is 32.2. The number of benzene rings is 2. The summed E-state index contributed by atoms with van der Waals surface area (Å²) < 4.78 is 23.2. The molecule has 140 valence electrons. The van der Waals surface area contributed by atoms with Crippen LogP contribution in [0.5, 0.6) is 0 Å². The van der Waals surface area contributed by atoms with Gasteiger partial charge in [0.2, 0.25) is 5.91 Å². The molecule has 0 aliphatic heterocycles. The van der Waals surface area contributed by atoms with Crippen LogP contribution in [0.15, 0.2) is 59.5 Å². The molecule has 0 bridgehead atoms. The topological polar surface area (TPSA) is 57.7 Å². The van der Waals surface area contributed by atoms with Gasteiger partial charge in [-0.15, -0.1) is 0 Å². The van der Waals surface area contributed by atoms with E-state index >= 15 is 0 Å². The highest BCUT2D eigenvalue weighted by Crippen LogP contribution is 2.21. The lowest BCUT2D eigenvalue weighted by Gasteiger charge is -2.28. The molecule has 5 nitrogen and oxygen atoms in total. The second-order valence-corrected chi connectivity index (χ2v) is 8.42. The number of carbonyl (C=O) groups excluding carboxylic acids is 1. The van der Waals surface area contributed by atoms with Crippen LogP contribution >= 0.6 is 0 Å². The van der Waals surface area contributed by atoms with Gasteiger partial charge in [0.25, 0.3) is 0 Å². The van der Waals surface area contributed by atoms with Gasteiger partial charge in [0.1, 0.15) is 0 Å². The summed E-state index contributed by atoms with van der Waals surface area (Å²) in [5.74, 6) is 0.0285. The van der Waals surface area contributed by atoms with Gasteiger partial charge in [0.15, 0.2) is 9.84 Å². The van der Waals surface area contributed by atoms with E-state index in [0.29, 0.717) is 11.4 Å². The minimum Gasteiger partial charge on any atom is -0.312 e. The molecule has 1 amide bonds. The van der Waals surface area contributed by atoms with Gasteiger partial charge < -0.3 is 4.90 Å². The number of nitrogens with zero attached hydrogens (tertiary/aromatic N) is 2. The fraction of sp³-hybridized carbons (Fsp3) is 0.350. The van der Waals surface area contributed by atoms with E-state index in [1.807, 2.05) is 56.1 Å². The Hall–Kier alpha value is -2.18. The third kappa shape index (κ3) is 4.93. The van der Waals surface area contributed by atoms with E-state index in [0.717, 1.165) is 11.3 Å². The molecule has 0 N–H and O–H groups in total. The lowest BCUT2D eigenvalue weighted by molar-refractivity contribution is -0.119. The minimum absolute atomic E-state index is 0.0120. The lowest BCUT2D eigenvalue weighted by Crippen LogP contribution is -2.39. The first-order valence-corrected chi connectivity index (χ1v) is 10.5. The Balaban J connectivity index is 2.08. The molecule has 0 aliphatic carbocycles. The van der Waals surface area contributed by atoms with E-state index < -0.39 is 9.84 Å². The Bertz CT molecular complexity index is 833. The van der Waals surface area contributed by atoms with Crippen molar-refractivity contribution in [1.29, 1.82) is 0 Å². The van der Waals surface area contributed by atoms with Gasteiger partial charge in [0.05, 0.1) is 11.4 Å². The van der Waals surface area contributed by atoms with Crippen molar-refractivity contribution in [3.63, 3.8) is 0 Å². The van der Waals surface area contributed by atoms with Crippen LogP contribution in [0, 0.1) is 0 Å². The summed E-state index contributed by atoms with van der Waals surface area (Å²) in [5, 5.41) is 0. The molecular formula is C20H26N2O3S. The molecule has 0 spiro atoms. The fourth-order valence-electron chi connectivity index (χ4n) is 2.79. The van der Waals surface area contributed by atoms with Crippen LogP contribution in [-0.4, -0.2) is 45.6 Å². The number of likely N-dealkylation sites (N-methyl/N-ethyl adjacent to an activating group) is 2. The van der Waals surface area contributed by atoms with Crippen LogP contribution in [-0.2, 0) is 14.6 Å². The number of para-hydroxylation sites is 1. The molecule has 2 aromatic rings. The second kappa shape index (κ2) is 8.47. The molecule has 0 saturated carbocycles. The first kappa shape index (κ1) is 20.1. The predicted octanol–water partition coefficient (Wildman–Crippen LogP) is 3.14. The van der Waals surface area contributed by atoms with Crippen molar-refractivity contribution in [3.05, 3.63) is 60.2 Å². The molecule has 6 heteroatoms. The Labute approximate surface area is 156 Å². The summed E-state index contributed by atoms with van der Waals surface area (Å²) in [6.07, 6.45) is 1.19. The van der Waals surface area contributed by atoms with E-state index in [9.17, 15) is 13.2 Å². The number of sulfone groups is 1. The van der Waals surface area contributed by atoms with E-state index in [1.165, 1.54) is 6.26 Å². The largest absolute Gasteiger partial charge is 0.312 e. The highest BCUT2D eigenvalue weighted by molar-refractivity contribution is 7.90. The quantitative estimate of drug-likeness (QED) is 0.747. The van der Waals surface area contributed by atoms with Crippen LogP contribution < -0.4 is 4.90 Å². The van der Waals surface area contributed by atoms with Gasteiger partial charge in [-0.1, -0.05) is 30.3 Å². The lowest BCUT2D eigenvalue weighted by atomic mass is 10.1. The highest BCUT2D eigenvalue weighted by Gasteiger charge is 2.20. The fourth-order valence-corrected chi connectivity index (χ4v) is 3.42. The zero-order chi connectivity index (χ0) is 19.3. The number of hydrogen-bond donors (Lipinski definition) is 0. The van der Waals surface area contributed by atoms with Gasteiger partial charge in [-0.2, -0.15) is 0 Å². The molecular weight excluding hydrogens is 348 g/mol. The maximum Gasteiger partial charge on any atom is 0.241 e. The summed E-state index contributed by atoms with van der Waals surface area (Å²) in [4.78, 5) is 16.7. The molecule has 2 rings (SSSR count). The average Bonchev–Trinajstić information content (AvgIpc) is 2.62. The van der Waals surface area contributed by atoms with E-state index in [2.05, 4.69) is 0 Å². The normalized spacial score (nSPS) is 12.8. The third-order valence-electron chi connectivity index (χ3n) is 4.52. The third-order valence-corrected chi connectivity index (χ3v) is 5.65. The van der Waals surface area contributed by atoms with Crippen molar-refractivity contribution in [2.45, 2.75) is 24.8 Å². The monoisotopic (exact) mass is 374 g/mol. The van der Waals surface area contributed by atoms with Crippen LogP contribution in [0.1, 0.15) is 25.5 Å².